The van der Waals surface area contributed by atoms with E-state index in [0.717, 1.165) is 5.56 Å². The van der Waals surface area contributed by atoms with Gasteiger partial charge in [-0.1, -0.05) is 94.8 Å². The van der Waals surface area contributed by atoms with Gasteiger partial charge in [0, 0.05) is 12.0 Å². The van der Waals surface area contributed by atoms with Crippen LogP contribution in [0.4, 0.5) is 4.79 Å². The number of hydrogen-bond acceptors (Lipinski definition) is 8. The van der Waals surface area contributed by atoms with Gasteiger partial charge in [0.15, 0.2) is 12.4 Å². The van der Waals surface area contributed by atoms with Crippen LogP contribution in [0.5, 0.6) is 0 Å². The number of carbonyl (C=O) groups is 6. The fourth-order valence-electron chi connectivity index (χ4n) is 4.31. The fourth-order valence-corrected chi connectivity index (χ4v) is 4.31. The molecule has 0 aliphatic heterocycles. The summed E-state index contributed by atoms with van der Waals surface area (Å²) in [6.07, 6.45) is -0.509. The topological polar surface area (TPSA) is 183 Å². The van der Waals surface area contributed by atoms with Crippen molar-refractivity contribution in [1.29, 1.82) is 0 Å². The van der Waals surface area contributed by atoms with Gasteiger partial charge < -0.3 is 31.2 Å². The first kappa shape index (κ1) is 36.5. The Hall–Kier alpha value is -4.74. The number of esters is 1. The summed E-state index contributed by atoms with van der Waals surface area (Å²) >= 11 is 0. The quantitative estimate of drug-likeness (QED) is 0.144. The van der Waals surface area contributed by atoms with Gasteiger partial charge in [0.05, 0.1) is 0 Å². The van der Waals surface area contributed by atoms with Crippen molar-refractivity contribution < 1.29 is 38.2 Å². The van der Waals surface area contributed by atoms with Crippen molar-refractivity contribution in [2.75, 3.05) is 6.61 Å². The molecule has 0 spiro atoms. The first-order valence-electron chi connectivity index (χ1n) is 15.0. The minimum Gasteiger partial charge on any atom is -0.456 e. The lowest BCUT2D eigenvalue weighted by Gasteiger charge is -2.27. The molecule has 45 heavy (non-hydrogen) atoms. The Morgan fingerprint density at radius 3 is 1.96 bits per heavy atom. The van der Waals surface area contributed by atoms with Crippen LogP contribution in [0.1, 0.15) is 69.3 Å². The monoisotopic (exact) mass is 624 g/mol. The zero-order valence-electron chi connectivity index (χ0n) is 26.2. The van der Waals surface area contributed by atoms with Crippen molar-refractivity contribution >= 4 is 35.6 Å². The largest absolute Gasteiger partial charge is 0.456 e. The summed E-state index contributed by atoms with van der Waals surface area (Å²) in [6, 6.07) is 13.9. The van der Waals surface area contributed by atoms with Gasteiger partial charge in [0.25, 0.3) is 0 Å². The Balaban J connectivity index is 2.13. The number of rotatable bonds is 18. The van der Waals surface area contributed by atoms with Crippen molar-refractivity contribution in [2.45, 2.75) is 78.1 Å². The molecular weight excluding hydrogens is 580 g/mol. The Bertz CT molecular complexity index is 1290. The fraction of sp³-hybridized carbons (Fsp3) is 0.455. The van der Waals surface area contributed by atoms with Crippen LogP contribution in [0.3, 0.4) is 0 Å². The number of alkyl carbamates (subject to hydrolysis) is 1. The predicted octanol–water partition coefficient (Wildman–Crippen LogP) is 3.03. The van der Waals surface area contributed by atoms with E-state index in [1.54, 1.807) is 61.5 Å². The maximum Gasteiger partial charge on any atom is 0.408 e. The SMILES string of the molecule is CC[C@@H](C)[C@H](NC(=O)OCc1ccccc1)C(=O)N[C@@H](CCC(N)=O)C(=O)N[C@@H](CC(C)C)C(=O)OCC(=O)c1ccccc1. The highest BCUT2D eigenvalue weighted by Crippen LogP contribution is 2.12. The first-order valence-corrected chi connectivity index (χ1v) is 15.0. The minimum atomic E-state index is -1.27. The maximum absolute atomic E-state index is 13.4. The summed E-state index contributed by atoms with van der Waals surface area (Å²) in [5, 5.41) is 7.77. The van der Waals surface area contributed by atoms with Crippen LogP contribution in [-0.4, -0.2) is 60.3 Å². The second kappa shape index (κ2) is 18.8. The summed E-state index contributed by atoms with van der Waals surface area (Å²) in [5.74, 6) is -3.75. The molecule has 0 unspecified atom stereocenters. The molecule has 0 saturated heterocycles. The molecule has 244 valence electrons. The molecule has 0 aliphatic rings. The number of primary amides is 1. The van der Waals surface area contributed by atoms with Gasteiger partial charge in [-0.2, -0.15) is 0 Å². The number of ketones is 1. The zero-order chi connectivity index (χ0) is 33.4. The van der Waals surface area contributed by atoms with Crippen LogP contribution in [0, 0.1) is 11.8 Å². The average molecular weight is 625 g/mol. The average Bonchev–Trinajstić information content (AvgIpc) is 3.02. The molecule has 12 heteroatoms. The van der Waals surface area contributed by atoms with E-state index in [2.05, 4.69) is 16.0 Å². The number of amides is 4. The lowest BCUT2D eigenvalue weighted by molar-refractivity contribution is -0.147. The summed E-state index contributed by atoms with van der Waals surface area (Å²) in [7, 11) is 0. The van der Waals surface area contributed by atoms with Crippen LogP contribution >= 0.6 is 0 Å². The van der Waals surface area contributed by atoms with Gasteiger partial charge in [-0.25, -0.2) is 9.59 Å². The van der Waals surface area contributed by atoms with Crippen molar-refractivity contribution in [3.63, 3.8) is 0 Å². The molecular formula is C33H44N4O8. The molecule has 0 saturated carbocycles. The Morgan fingerprint density at radius 2 is 1.38 bits per heavy atom. The minimum absolute atomic E-state index is 0.00452. The van der Waals surface area contributed by atoms with Gasteiger partial charge in [0.1, 0.15) is 24.7 Å². The summed E-state index contributed by atoms with van der Waals surface area (Å²) < 4.78 is 10.5. The third-order valence-corrected chi connectivity index (χ3v) is 7.04. The lowest BCUT2D eigenvalue weighted by Crippen LogP contribution is -2.57. The number of benzene rings is 2. The van der Waals surface area contributed by atoms with E-state index in [4.69, 9.17) is 15.2 Å². The molecule has 0 radical (unpaired) electrons. The maximum atomic E-state index is 13.4. The third-order valence-electron chi connectivity index (χ3n) is 7.04. The van der Waals surface area contributed by atoms with Gasteiger partial charge in [-0.05, 0) is 30.2 Å². The second-order valence-corrected chi connectivity index (χ2v) is 11.2. The van der Waals surface area contributed by atoms with Crippen molar-refractivity contribution in [2.24, 2.45) is 17.6 Å². The molecule has 5 N–H and O–H groups in total. The van der Waals surface area contributed by atoms with Crippen LogP contribution in [-0.2, 0) is 35.3 Å². The molecule has 0 fully saturated rings. The highest BCUT2D eigenvalue weighted by atomic mass is 16.5. The summed E-state index contributed by atoms with van der Waals surface area (Å²) in [4.78, 5) is 76.4. The smallest absolute Gasteiger partial charge is 0.408 e. The molecule has 4 atom stereocenters. The number of nitrogens with two attached hydrogens (primary N) is 1. The van der Waals surface area contributed by atoms with Gasteiger partial charge in [0.2, 0.25) is 17.7 Å². The zero-order valence-corrected chi connectivity index (χ0v) is 26.2. The highest BCUT2D eigenvalue weighted by molar-refractivity contribution is 5.98. The predicted molar refractivity (Wildman–Crippen MR) is 166 cm³/mol. The normalized spacial score (nSPS) is 13.4. The molecule has 2 rings (SSSR count). The van der Waals surface area contributed by atoms with Crippen LogP contribution in [0.15, 0.2) is 60.7 Å². The van der Waals surface area contributed by atoms with E-state index in [1.807, 2.05) is 26.8 Å². The number of Topliss-reactive ketones (excluding diaryl/α,β-unsaturated/α-hetero) is 1. The van der Waals surface area contributed by atoms with E-state index >= 15 is 0 Å². The van der Waals surface area contributed by atoms with E-state index in [0.29, 0.717) is 12.0 Å². The molecule has 0 aliphatic carbocycles. The van der Waals surface area contributed by atoms with Crippen LogP contribution < -0.4 is 21.7 Å². The summed E-state index contributed by atoms with van der Waals surface area (Å²) in [5.41, 5.74) is 6.45. The van der Waals surface area contributed by atoms with E-state index in [9.17, 15) is 28.8 Å². The number of hydrogen-bond donors (Lipinski definition) is 4. The van der Waals surface area contributed by atoms with Crippen LogP contribution in [0.2, 0.25) is 0 Å². The third kappa shape index (κ3) is 13.2. The lowest BCUT2D eigenvalue weighted by atomic mass is 9.97. The van der Waals surface area contributed by atoms with Crippen molar-refractivity contribution in [3.05, 3.63) is 71.8 Å². The van der Waals surface area contributed by atoms with E-state index in [1.165, 1.54) is 0 Å². The van der Waals surface area contributed by atoms with Crippen molar-refractivity contribution in [3.8, 4) is 0 Å². The number of nitrogens with one attached hydrogen (secondary N) is 3. The standard InChI is InChI=1S/C33H44N4O8/c1-5-22(4)29(37-33(43)45-19-23-12-8-6-9-13-23)31(41)35-25(16-17-28(34)39)30(40)36-26(18-21(2)3)32(42)44-20-27(38)24-14-10-7-11-15-24/h6-15,21-22,25-26,29H,5,16-20H2,1-4H3,(H2,34,39)(H,35,41)(H,36,40)(H,37,43)/t22-,25+,26+,29+/m1/s1. The number of ether oxygens (including phenoxy) is 2. The molecule has 2 aromatic carbocycles. The molecule has 0 aromatic heterocycles. The second-order valence-electron chi connectivity index (χ2n) is 11.2. The molecule has 12 nitrogen and oxygen atoms in total. The molecule has 4 amide bonds. The first-order chi connectivity index (χ1) is 21.4. The highest BCUT2D eigenvalue weighted by Gasteiger charge is 2.33. The molecule has 2 aromatic rings. The summed E-state index contributed by atoms with van der Waals surface area (Å²) in [6.45, 7) is 6.75. The molecule has 0 bridgehead atoms. The Morgan fingerprint density at radius 1 is 0.778 bits per heavy atom. The van der Waals surface area contributed by atoms with Crippen LogP contribution in [0.25, 0.3) is 0 Å². The van der Waals surface area contributed by atoms with Crippen molar-refractivity contribution in [1.82, 2.24) is 16.0 Å². The number of carbonyl (C=O) groups excluding carboxylic acids is 6. The van der Waals surface area contributed by atoms with Gasteiger partial charge >= 0.3 is 12.1 Å². The Labute approximate surface area is 263 Å². The van der Waals surface area contributed by atoms with E-state index in [-0.39, 0.29) is 37.7 Å². The van der Waals surface area contributed by atoms with E-state index < -0.39 is 60.3 Å². The molecule has 0 heterocycles. The van der Waals surface area contributed by atoms with Gasteiger partial charge in [-0.3, -0.25) is 19.2 Å². The Kier molecular flexibility index (Phi) is 15.2. The van der Waals surface area contributed by atoms with Gasteiger partial charge in [-0.15, -0.1) is 0 Å².